The van der Waals surface area contributed by atoms with Crippen LogP contribution in [0.3, 0.4) is 0 Å². The lowest BCUT2D eigenvalue weighted by Crippen LogP contribution is -2.43. The Morgan fingerprint density at radius 2 is 1.47 bits per heavy atom. The second-order valence-electron chi connectivity index (χ2n) is 8.52. The quantitative estimate of drug-likeness (QED) is 0.399. The smallest absolute Gasteiger partial charge is 0.250 e. The number of benzene rings is 2. The zero-order valence-electron chi connectivity index (χ0n) is 19.1. The third-order valence-corrected chi connectivity index (χ3v) is 9.86. The van der Waals surface area contributed by atoms with E-state index in [2.05, 4.69) is 39.9 Å². The molecule has 0 bridgehead atoms. The van der Waals surface area contributed by atoms with Gasteiger partial charge in [-0.2, -0.15) is 5.26 Å². The van der Waals surface area contributed by atoms with E-state index in [-0.39, 0.29) is 5.04 Å². The fourth-order valence-corrected chi connectivity index (χ4v) is 3.73. The van der Waals surface area contributed by atoms with Crippen LogP contribution in [-0.4, -0.2) is 29.6 Å². The minimum Gasteiger partial charge on any atom is -0.541 e. The standard InChI is InChI=1S/C24H31NO4Si/c1-24(2,3)30(7,8)29-22-10-9-17(15-23(22)28-6)21(11-12-25)18-13-19(26-4)16-20(14-18)27-5/h9-11,13-16H,1-8H3. The summed E-state index contributed by atoms with van der Waals surface area (Å²) in [6.45, 7) is 11.0. The lowest BCUT2D eigenvalue weighted by atomic mass is 9.97. The van der Waals surface area contributed by atoms with Gasteiger partial charge in [-0.15, -0.1) is 0 Å². The van der Waals surface area contributed by atoms with Crippen molar-refractivity contribution in [1.82, 2.24) is 0 Å². The molecule has 0 aliphatic rings. The predicted molar refractivity (Wildman–Crippen MR) is 123 cm³/mol. The van der Waals surface area contributed by atoms with Gasteiger partial charge in [0.05, 0.1) is 27.4 Å². The molecule has 0 saturated carbocycles. The Hall–Kier alpha value is -2.91. The summed E-state index contributed by atoms with van der Waals surface area (Å²) in [5, 5.41) is 9.47. The predicted octanol–water partition coefficient (Wildman–Crippen LogP) is 6.05. The maximum atomic E-state index is 9.40. The van der Waals surface area contributed by atoms with Crippen molar-refractivity contribution in [3.05, 3.63) is 53.6 Å². The molecule has 0 radical (unpaired) electrons. The summed E-state index contributed by atoms with van der Waals surface area (Å²) < 4.78 is 22.9. The van der Waals surface area contributed by atoms with Crippen LogP contribution in [0.1, 0.15) is 31.9 Å². The van der Waals surface area contributed by atoms with Gasteiger partial charge in [0.15, 0.2) is 5.75 Å². The average molecular weight is 426 g/mol. The summed E-state index contributed by atoms with van der Waals surface area (Å²) in [5.41, 5.74) is 2.39. The Morgan fingerprint density at radius 1 is 0.867 bits per heavy atom. The molecule has 160 valence electrons. The first kappa shape index (κ1) is 23.4. The molecular formula is C24H31NO4Si. The van der Waals surface area contributed by atoms with Gasteiger partial charge in [0.2, 0.25) is 0 Å². The van der Waals surface area contributed by atoms with Crippen LogP contribution in [0.4, 0.5) is 0 Å². The number of ether oxygens (including phenoxy) is 3. The molecule has 0 heterocycles. The number of methoxy groups -OCH3 is 3. The molecular weight excluding hydrogens is 394 g/mol. The minimum atomic E-state index is -2.02. The molecule has 0 aromatic heterocycles. The third-order valence-electron chi connectivity index (χ3n) is 5.52. The highest BCUT2D eigenvalue weighted by molar-refractivity contribution is 6.74. The van der Waals surface area contributed by atoms with Crippen molar-refractivity contribution in [1.29, 1.82) is 5.26 Å². The van der Waals surface area contributed by atoms with Crippen molar-refractivity contribution in [2.45, 2.75) is 38.9 Å². The first-order valence-corrected chi connectivity index (χ1v) is 12.7. The highest BCUT2D eigenvalue weighted by Crippen LogP contribution is 2.41. The topological polar surface area (TPSA) is 60.7 Å². The molecule has 0 fully saturated rings. The second kappa shape index (κ2) is 9.27. The number of rotatable bonds is 7. The Balaban J connectivity index is 2.54. The Morgan fingerprint density at radius 3 is 1.93 bits per heavy atom. The summed E-state index contributed by atoms with van der Waals surface area (Å²) in [6, 6.07) is 13.4. The normalized spacial score (nSPS) is 12.2. The van der Waals surface area contributed by atoms with Gasteiger partial charge < -0.3 is 18.6 Å². The molecule has 6 heteroatoms. The molecule has 2 aromatic rings. The van der Waals surface area contributed by atoms with Crippen LogP contribution in [0.15, 0.2) is 42.5 Å². The van der Waals surface area contributed by atoms with Crippen LogP contribution in [0.2, 0.25) is 18.1 Å². The lowest BCUT2D eigenvalue weighted by molar-refractivity contribution is 0.386. The largest absolute Gasteiger partial charge is 0.541 e. The fourth-order valence-electron chi connectivity index (χ4n) is 2.71. The minimum absolute atomic E-state index is 0.0691. The van der Waals surface area contributed by atoms with Gasteiger partial charge in [0, 0.05) is 12.1 Å². The van der Waals surface area contributed by atoms with Gasteiger partial charge >= 0.3 is 0 Å². The Bertz CT molecular complexity index is 946. The van der Waals surface area contributed by atoms with Crippen LogP contribution in [0, 0.1) is 11.3 Å². The molecule has 0 unspecified atom stereocenters. The van der Waals surface area contributed by atoms with Crippen molar-refractivity contribution in [2.75, 3.05) is 21.3 Å². The van der Waals surface area contributed by atoms with Crippen LogP contribution in [0.25, 0.3) is 5.57 Å². The van der Waals surface area contributed by atoms with Crippen LogP contribution in [-0.2, 0) is 0 Å². The van der Waals surface area contributed by atoms with Gasteiger partial charge in [0.25, 0.3) is 8.32 Å². The molecule has 30 heavy (non-hydrogen) atoms. The number of nitrogens with zero attached hydrogens (tertiary/aromatic N) is 1. The maximum absolute atomic E-state index is 9.40. The van der Waals surface area contributed by atoms with E-state index in [0.29, 0.717) is 23.0 Å². The van der Waals surface area contributed by atoms with Crippen molar-refractivity contribution >= 4 is 13.9 Å². The average Bonchev–Trinajstić information content (AvgIpc) is 2.70. The van der Waals surface area contributed by atoms with E-state index in [9.17, 15) is 5.26 Å². The van der Waals surface area contributed by atoms with E-state index in [4.69, 9.17) is 18.6 Å². The van der Waals surface area contributed by atoms with Gasteiger partial charge in [-0.1, -0.05) is 26.8 Å². The van der Waals surface area contributed by atoms with Gasteiger partial charge in [0.1, 0.15) is 17.2 Å². The molecule has 2 aromatic carbocycles. The zero-order valence-corrected chi connectivity index (χ0v) is 20.1. The molecule has 0 atom stereocenters. The van der Waals surface area contributed by atoms with E-state index in [1.54, 1.807) is 27.4 Å². The molecule has 0 aliphatic carbocycles. The molecule has 0 aliphatic heterocycles. The number of hydrogen-bond acceptors (Lipinski definition) is 5. The van der Waals surface area contributed by atoms with Crippen molar-refractivity contribution in [2.24, 2.45) is 0 Å². The number of nitriles is 1. The van der Waals surface area contributed by atoms with Crippen molar-refractivity contribution in [3.8, 4) is 29.1 Å². The number of allylic oxidation sites excluding steroid dienone is 1. The third kappa shape index (κ3) is 5.16. The first-order chi connectivity index (χ1) is 14.1. The zero-order chi connectivity index (χ0) is 22.5. The summed E-state index contributed by atoms with van der Waals surface area (Å²) >= 11 is 0. The monoisotopic (exact) mass is 425 g/mol. The molecule has 0 amide bonds. The molecule has 2 rings (SSSR count). The highest BCUT2D eigenvalue weighted by Gasteiger charge is 2.39. The maximum Gasteiger partial charge on any atom is 0.250 e. The summed E-state index contributed by atoms with van der Waals surface area (Å²) in [7, 11) is 2.80. The number of hydrogen-bond donors (Lipinski definition) is 0. The van der Waals surface area contributed by atoms with E-state index in [1.165, 1.54) is 6.08 Å². The van der Waals surface area contributed by atoms with E-state index in [1.807, 2.05) is 30.3 Å². The Kier molecular flexibility index (Phi) is 7.22. The van der Waals surface area contributed by atoms with Crippen LogP contribution >= 0.6 is 0 Å². The summed E-state index contributed by atoms with van der Waals surface area (Å²) in [6.07, 6.45) is 1.51. The molecule has 5 nitrogen and oxygen atoms in total. The molecule has 0 saturated heterocycles. The van der Waals surface area contributed by atoms with Crippen LogP contribution < -0.4 is 18.6 Å². The van der Waals surface area contributed by atoms with Gasteiger partial charge in [-0.3, -0.25) is 0 Å². The van der Waals surface area contributed by atoms with Crippen LogP contribution in [0.5, 0.6) is 23.0 Å². The second-order valence-corrected chi connectivity index (χ2v) is 13.2. The SMILES string of the molecule is COc1cc(OC)cc(C(=CC#N)c2ccc(O[Si](C)(C)C(C)(C)C)c(OC)c2)c1. The molecule has 0 spiro atoms. The lowest BCUT2D eigenvalue weighted by Gasteiger charge is -2.36. The van der Waals surface area contributed by atoms with Crippen molar-refractivity contribution < 1.29 is 18.6 Å². The first-order valence-electron chi connectivity index (χ1n) is 9.77. The molecule has 0 N–H and O–H groups in total. The summed E-state index contributed by atoms with van der Waals surface area (Å²) in [4.78, 5) is 0. The highest BCUT2D eigenvalue weighted by atomic mass is 28.4. The van der Waals surface area contributed by atoms with Crippen molar-refractivity contribution in [3.63, 3.8) is 0 Å². The van der Waals surface area contributed by atoms with E-state index < -0.39 is 8.32 Å². The van der Waals surface area contributed by atoms with E-state index >= 15 is 0 Å². The van der Waals surface area contributed by atoms with Gasteiger partial charge in [-0.05, 0) is 59.1 Å². The van der Waals surface area contributed by atoms with Gasteiger partial charge in [-0.25, -0.2) is 0 Å². The van der Waals surface area contributed by atoms with E-state index in [0.717, 1.165) is 16.7 Å². The summed E-state index contributed by atoms with van der Waals surface area (Å²) in [5.74, 6) is 2.65. The fraction of sp³-hybridized carbons (Fsp3) is 0.375. The Labute approximate surface area is 181 Å².